The van der Waals surface area contributed by atoms with E-state index in [1.807, 2.05) is 48.0 Å². The monoisotopic (exact) mass is 448 g/mol. The Hall–Kier alpha value is -3.49. The third-order valence-electron chi connectivity index (χ3n) is 5.63. The number of aryl methyl sites for hydroxylation is 2. The Balaban J connectivity index is 1.60. The van der Waals surface area contributed by atoms with Gasteiger partial charge in [0.2, 0.25) is 10.0 Å². The number of carbonyl (C=O) groups is 1. The molecule has 2 N–H and O–H groups in total. The molecule has 0 spiro atoms. The molecule has 0 saturated heterocycles. The number of anilines is 1. The Morgan fingerprint density at radius 2 is 1.69 bits per heavy atom. The first-order valence-corrected chi connectivity index (χ1v) is 11.6. The molecule has 0 fully saturated rings. The summed E-state index contributed by atoms with van der Waals surface area (Å²) >= 11 is 0. The van der Waals surface area contributed by atoms with Gasteiger partial charge in [0.25, 0.3) is 5.91 Å². The van der Waals surface area contributed by atoms with Gasteiger partial charge >= 0.3 is 0 Å². The van der Waals surface area contributed by atoms with Crippen LogP contribution in [0.2, 0.25) is 0 Å². The zero-order chi connectivity index (χ0) is 23.0. The summed E-state index contributed by atoms with van der Waals surface area (Å²) in [7, 11) is -0.352. The molecule has 4 aromatic rings. The molecule has 0 aliphatic heterocycles. The van der Waals surface area contributed by atoms with Crippen molar-refractivity contribution in [3.63, 3.8) is 0 Å². The number of hydrogen-bond donors (Lipinski definition) is 2. The number of rotatable bonds is 5. The molecular weight excluding hydrogens is 424 g/mol. The molecule has 1 amide bonds. The summed E-state index contributed by atoms with van der Waals surface area (Å²) < 4.78 is 29.0. The van der Waals surface area contributed by atoms with Crippen molar-refractivity contribution >= 4 is 32.7 Å². The van der Waals surface area contributed by atoms with Crippen molar-refractivity contribution in [2.75, 3.05) is 12.4 Å². The first-order valence-electron chi connectivity index (χ1n) is 10.1. The quantitative estimate of drug-likeness (QED) is 0.482. The largest absolute Gasteiger partial charge is 0.327 e. The van der Waals surface area contributed by atoms with E-state index in [0.29, 0.717) is 11.3 Å². The van der Waals surface area contributed by atoms with E-state index in [4.69, 9.17) is 4.98 Å². The highest BCUT2D eigenvalue weighted by Crippen LogP contribution is 2.26. The van der Waals surface area contributed by atoms with Gasteiger partial charge in [0.05, 0.1) is 15.9 Å². The van der Waals surface area contributed by atoms with Gasteiger partial charge in [-0.15, -0.1) is 0 Å². The molecule has 0 saturated carbocycles. The predicted octanol–water partition coefficient (Wildman–Crippen LogP) is 4.02. The second kappa shape index (κ2) is 8.22. The van der Waals surface area contributed by atoms with Crippen molar-refractivity contribution in [1.29, 1.82) is 0 Å². The number of aromatic nitrogens is 2. The molecule has 1 aromatic heterocycles. The Morgan fingerprint density at radius 1 is 1.00 bits per heavy atom. The summed E-state index contributed by atoms with van der Waals surface area (Å²) in [5.41, 5.74) is 5.11. The van der Waals surface area contributed by atoms with Crippen molar-refractivity contribution < 1.29 is 13.2 Å². The molecule has 0 unspecified atom stereocenters. The lowest BCUT2D eigenvalue weighted by molar-refractivity contribution is 0.102. The molecule has 3 aromatic carbocycles. The van der Waals surface area contributed by atoms with Crippen molar-refractivity contribution in [1.82, 2.24) is 14.3 Å². The summed E-state index contributed by atoms with van der Waals surface area (Å²) in [5, 5.41) is 2.84. The van der Waals surface area contributed by atoms with E-state index in [9.17, 15) is 13.2 Å². The van der Waals surface area contributed by atoms with Crippen LogP contribution in [0.15, 0.2) is 65.6 Å². The Labute approximate surface area is 187 Å². The third kappa shape index (κ3) is 3.90. The molecule has 0 radical (unpaired) electrons. The standard InChI is InChI=1S/C24H24N4O3S/c1-15-13-18(14-22(16(15)2)32(30,31)25-3)24(29)26-19-11-9-17(10-12-19)23-27-20-7-5-6-8-21(20)28(23)4/h5-14,25H,1-4H3,(H,26,29). The zero-order valence-electron chi connectivity index (χ0n) is 18.3. The van der Waals surface area contributed by atoms with Crippen molar-refractivity contribution in [2.45, 2.75) is 18.7 Å². The second-order valence-electron chi connectivity index (χ2n) is 7.64. The minimum Gasteiger partial charge on any atom is -0.327 e. The van der Waals surface area contributed by atoms with E-state index in [0.717, 1.165) is 28.0 Å². The molecule has 7 nitrogen and oxygen atoms in total. The summed E-state index contributed by atoms with van der Waals surface area (Å²) in [4.78, 5) is 17.6. The molecule has 32 heavy (non-hydrogen) atoms. The van der Waals surface area contributed by atoms with E-state index in [-0.39, 0.29) is 16.4 Å². The van der Waals surface area contributed by atoms with Crippen LogP contribution in [0, 0.1) is 13.8 Å². The van der Waals surface area contributed by atoms with Gasteiger partial charge in [-0.2, -0.15) is 0 Å². The SMILES string of the molecule is CNS(=O)(=O)c1cc(C(=O)Nc2ccc(-c3nc4ccccc4n3C)cc2)cc(C)c1C. The van der Waals surface area contributed by atoms with E-state index in [1.165, 1.54) is 13.1 Å². The normalized spacial score (nSPS) is 11.6. The van der Waals surface area contributed by atoms with Gasteiger partial charge in [0, 0.05) is 23.9 Å². The minimum absolute atomic E-state index is 0.0994. The van der Waals surface area contributed by atoms with Gasteiger partial charge in [-0.25, -0.2) is 18.1 Å². The molecule has 0 atom stereocenters. The Bertz CT molecular complexity index is 1440. The van der Waals surface area contributed by atoms with Gasteiger partial charge < -0.3 is 9.88 Å². The highest BCUT2D eigenvalue weighted by atomic mass is 32.2. The smallest absolute Gasteiger partial charge is 0.255 e. The summed E-state index contributed by atoms with van der Waals surface area (Å²) in [5.74, 6) is 0.455. The zero-order valence-corrected chi connectivity index (χ0v) is 19.1. The van der Waals surface area contributed by atoms with Crippen LogP contribution in [0.4, 0.5) is 5.69 Å². The molecular formula is C24H24N4O3S. The van der Waals surface area contributed by atoms with Gasteiger partial charge in [-0.05, 0) is 80.6 Å². The van der Waals surface area contributed by atoms with Crippen LogP contribution in [0.25, 0.3) is 22.4 Å². The number of para-hydroxylation sites is 2. The average Bonchev–Trinajstić information content (AvgIpc) is 3.12. The Morgan fingerprint density at radius 3 is 2.34 bits per heavy atom. The fraction of sp³-hybridized carbons (Fsp3) is 0.167. The Kier molecular flexibility index (Phi) is 5.58. The van der Waals surface area contributed by atoms with Crippen LogP contribution >= 0.6 is 0 Å². The van der Waals surface area contributed by atoms with Crippen LogP contribution in [0.1, 0.15) is 21.5 Å². The lowest BCUT2D eigenvalue weighted by Gasteiger charge is -2.13. The maximum absolute atomic E-state index is 12.8. The van der Waals surface area contributed by atoms with E-state index in [1.54, 1.807) is 32.0 Å². The highest BCUT2D eigenvalue weighted by Gasteiger charge is 2.19. The van der Waals surface area contributed by atoms with Gasteiger partial charge in [-0.3, -0.25) is 4.79 Å². The number of imidazole rings is 1. The van der Waals surface area contributed by atoms with E-state index < -0.39 is 10.0 Å². The predicted molar refractivity (Wildman–Crippen MR) is 126 cm³/mol. The summed E-state index contributed by atoms with van der Waals surface area (Å²) in [6, 6.07) is 18.4. The molecule has 0 aliphatic carbocycles. The topological polar surface area (TPSA) is 93.1 Å². The maximum Gasteiger partial charge on any atom is 0.255 e. The molecule has 0 bridgehead atoms. The second-order valence-corrected chi connectivity index (χ2v) is 9.49. The van der Waals surface area contributed by atoms with E-state index in [2.05, 4.69) is 10.0 Å². The fourth-order valence-corrected chi connectivity index (χ4v) is 4.72. The number of nitrogens with one attached hydrogen (secondary N) is 2. The number of hydrogen-bond acceptors (Lipinski definition) is 4. The molecule has 8 heteroatoms. The highest BCUT2D eigenvalue weighted by molar-refractivity contribution is 7.89. The van der Waals surface area contributed by atoms with E-state index >= 15 is 0 Å². The van der Waals surface area contributed by atoms with Crippen LogP contribution in [0.3, 0.4) is 0 Å². The van der Waals surface area contributed by atoms with Crippen LogP contribution in [0.5, 0.6) is 0 Å². The number of carbonyl (C=O) groups excluding carboxylic acids is 1. The fourth-order valence-electron chi connectivity index (χ4n) is 3.66. The van der Waals surface area contributed by atoms with Gasteiger partial charge in [0.15, 0.2) is 0 Å². The van der Waals surface area contributed by atoms with Crippen LogP contribution in [-0.2, 0) is 17.1 Å². The number of amides is 1. The van der Waals surface area contributed by atoms with Crippen molar-refractivity contribution in [2.24, 2.45) is 7.05 Å². The van der Waals surface area contributed by atoms with Gasteiger partial charge in [-0.1, -0.05) is 12.1 Å². The molecule has 1 heterocycles. The summed E-state index contributed by atoms with van der Waals surface area (Å²) in [6.07, 6.45) is 0. The molecule has 4 rings (SSSR count). The lowest BCUT2D eigenvalue weighted by Crippen LogP contribution is -2.21. The van der Waals surface area contributed by atoms with Crippen LogP contribution < -0.4 is 10.0 Å². The average molecular weight is 449 g/mol. The molecule has 164 valence electrons. The van der Waals surface area contributed by atoms with Gasteiger partial charge in [0.1, 0.15) is 5.82 Å². The minimum atomic E-state index is -3.67. The van der Waals surface area contributed by atoms with Crippen LogP contribution in [-0.4, -0.2) is 30.9 Å². The first-order chi connectivity index (χ1) is 15.2. The number of nitrogens with zero attached hydrogens (tertiary/aromatic N) is 2. The summed E-state index contributed by atoms with van der Waals surface area (Å²) in [6.45, 7) is 3.51. The maximum atomic E-state index is 12.8. The van der Waals surface area contributed by atoms with Crippen molar-refractivity contribution in [3.8, 4) is 11.4 Å². The number of benzene rings is 3. The molecule has 0 aliphatic rings. The van der Waals surface area contributed by atoms with Crippen molar-refractivity contribution in [3.05, 3.63) is 77.4 Å². The third-order valence-corrected chi connectivity index (χ3v) is 7.17. The number of fused-ring (bicyclic) bond motifs is 1. The first kappa shape index (κ1) is 21.7. The number of sulfonamides is 1. The lowest BCUT2D eigenvalue weighted by atomic mass is 10.1.